The molecule has 0 bridgehead atoms. The van der Waals surface area contributed by atoms with E-state index in [-0.39, 0.29) is 11.9 Å². The number of nitrogens with one attached hydrogen (secondary N) is 1. The summed E-state index contributed by atoms with van der Waals surface area (Å²) < 4.78 is 27.0. The van der Waals surface area contributed by atoms with Crippen LogP contribution in [0.3, 0.4) is 0 Å². The first-order valence-electron chi connectivity index (χ1n) is 6.84. The summed E-state index contributed by atoms with van der Waals surface area (Å²) >= 11 is 0. The van der Waals surface area contributed by atoms with E-state index >= 15 is 0 Å². The second-order valence-electron chi connectivity index (χ2n) is 4.96. The van der Waals surface area contributed by atoms with Crippen LogP contribution in [0, 0.1) is 18.6 Å². The van der Waals surface area contributed by atoms with E-state index in [0.29, 0.717) is 12.0 Å². The largest absolute Gasteiger partial charge is 0.310 e. The van der Waals surface area contributed by atoms with Crippen LogP contribution in [0.4, 0.5) is 8.78 Å². The van der Waals surface area contributed by atoms with Gasteiger partial charge in [-0.3, -0.25) is 0 Å². The number of benzene rings is 2. The van der Waals surface area contributed by atoms with E-state index in [2.05, 4.69) is 11.4 Å². The Balaban J connectivity index is 2.27. The zero-order valence-electron chi connectivity index (χ0n) is 11.8. The monoisotopic (exact) mass is 275 g/mol. The summed E-state index contributed by atoms with van der Waals surface area (Å²) in [6.07, 6.45) is 0.431. The Hall–Kier alpha value is -1.74. The second-order valence-corrected chi connectivity index (χ2v) is 4.96. The summed E-state index contributed by atoms with van der Waals surface area (Å²) in [5, 5.41) is 3.33. The van der Waals surface area contributed by atoms with Gasteiger partial charge in [-0.1, -0.05) is 36.8 Å². The van der Waals surface area contributed by atoms with Crippen molar-refractivity contribution >= 4 is 0 Å². The molecule has 0 amide bonds. The van der Waals surface area contributed by atoms with Crippen LogP contribution in [-0.4, -0.2) is 6.54 Å². The highest BCUT2D eigenvalue weighted by molar-refractivity contribution is 5.28. The Bertz CT molecular complexity index is 581. The van der Waals surface area contributed by atoms with Crippen LogP contribution in [0.2, 0.25) is 0 Å². The molecule has 0 aromatic heterocycles. The molecule has 0 heterocycles. The molecule has 0 saturated heterocycles. The van der Waals surface area contributed by atoms with Gasteiger partial charge >= 0.3 is 0 Å². The number of halogens is 2. The number of hydrogen-bond donors (Lipinski definition) is 1. The lowest BCUT2D eigenvalue weighted by Crippen LogP contribution is -2.23. The molecule has 0 spiro atoms. The van der Waals surface area contributed by atoms with Crippen molar-refractivity contribution < 1.29 is 8.78 Å². The van der Waals surface area contributed by atoms with Crippen LogP contribution in [-0.2, 0) is 6.42 Å². The van der Waals surface area contributed by atoms with E-state index in [1.807, 2.05) is 32.0 Å². The van der Waals surface area contributed by atoms with E-state index in [1.54, 1.807) is 0 Å². The van der Waals surface area contributed by atoms with E-state index in [1.165, 1.54) is 12.1 Å². The third-order valence-corrected chi connectivity index (χ3v) is 3.33. The molecule has 106 valence electrons. The fourth-order valence-corrected chi connectivity index (χ4v) is 2.36. The van der Waals surface area contributed by atoms with Crippen molar-refractivity contribution in [3.8, 4) is 0 Å². The lowest BCUT2D eigenvalue weighted by molar-refractivity contribution is 0.522. The van der Waals surface area contributed by atoms with Crippen molar-refractivity contribution in [3.05, 3.63) is 70.8 Å². The number of rotatable bonds is 5. The molecule has 2 rings (SSSR count). The normalized spacial score (nSPS) is 12.4. The van der Waals surface area contributed by atoms with Gasteiger partial charge in [0.2, 0.25) is 0 Å². The molecule has 3 heteroatoms. The van der Waals surface area contributed by atoms with Crippen molar-refractivity contribution in [3.63, 3.8) is 0 Å². The Morgan fingerprint density at radius 2 is 1.90 bits per heavy atom. The van der Waals surface area contributed by atoms with Gasteiger partial charge in [0.1, 0.15) is 11.6 Å². The molecule has 0 aliphatic heterocycles. The topological polar surface area (TPSA) is 12.0 Å². The van der Waals surface area contributed by atoms with Crippen molar-refractivity contribution in [1.82, 2.24) is 5.32 Å². The van der Waals surface area contributed by atoms with Gasteiger partial charge < -0.3 is 5.32 Å². The van der Waals surface area contributed by atoms with Crippen LogP contribution in [0.15, 0.2) is 42.5 Å². The first-order valence-corrected chi connectivity index (χ1v) is 6.84. The third kappa shape index (κ3) is 3.64. The maximum Gasteiger partial charge on any atom is 0.126 e. The molecular formula is C17H19F2N. The molecule has 1 atom stereocenters. The molecule has 20 heavy (non-hydrogen) atoms. The minimum Gasteiger partial charge on any atom is -0.310 e. The standard InChI is InChI=1S/C17H19F2N/c1-3-20-17(13-6-4-5-12(2)9-13)11-14-10-15(18)7-8-16(14)19/h4-10,17,20H,3,11H2,1-2H3. The van der Waals surface area contributed by atoms with Crippen LogP contribution < -0.4 is 5.32 Å². The maximum atomic E-state index is 13.8. The number of aryl methyl sites for hydroxylation is 1. The van der Waals surface area contributed by atoms with Gasteiger partial charge in [0.15, 0.2) is 0 Å². The van der Waals surface area contributed by atoms with Crippen molar-refractivity contribution in [2.75, 3.05) is 6.54 Å². The molecule has 1 unspecified atom stereocenters. The Kier molecular flexibility index (Phi) is 4.85. The van der Waals surface area contributed by atoms with Gasteiger partial charge in [-0.15, -0.1) is 0 Å². The van der Waals surface area contributed by atoms with E-state index < -0.39 is 5.82 Å². The number of hydrogen-bond acceptors (Lipinski definition) is 1. The highest BCUT2D eigenvalue weighted by Crippen LogP contribution is 2.21. The van der Waals surface area contributed by atoms with E-state index in [4.69, 9.17) is 0 Å². The molecule has 0 radical (unpaired) electrons. The van der Waals surface area contributed by atoms with Gasteiger partial charge in [-0.2, -0.15) is 0 Å². The molecule has 0 saturated carbocycles. The van der Waals surface area contributed by atoms with Crippen LogP contribution in [0.25, 0.3) is 0 Å². The molecule has 0 aliphatic carbocycles. The molecular weight excluding hydrogens is 256 g/mol. The average Bonchev–Trinajstić information content (AvgIpc) is 2.42. The van der Waals surface area contributed by atoms with E-state index in [0.717, 1.165) is 23.7 Å². The maximum absolute atomic E-state index is 13.8. The average molecular weight is 275 g/mol. The van der Waals surface area contributed by atoms with Gasteiger partial charge in [-0.25, -0.2) is 8.78 Å². The quantitative estimate of drug-likeness (QED) is 0.863. The van der Waals surface area contributed by atoms with Crippen LogP contribution >= 0.6 is 0 Å². The van der Waals surface area contributed by atoms with Gasteiger partial charge in [0.05, 0.1) is 0 Å². The highest BCUT2D eigenvalue weighted by atomic mass is 19.1. The Morgan fingerprint density at radius 1 is 1.10 bits per heavy atom. The van der Waals surface area contributed by atoms with Crippen molar-refractivity contribution in [2.45, 2.75) is 26.3 Å². The molecule has 1 N–H and O–H groups in total. The predicted molar refractivity (Wildman–Crippen MR) is 77.7 cm³/mol. The summed E-state index contributed by atoms with van der Waals surface area (Å²) in [5.41, 5.74) is 2.65. The van der Waals surface area contributed by atoms with Gasteiger partial charge in [-0.05, 0) is 49.2 Å². The highest BCUT2D eigenvalue weighted by Gasteiger charge is 2.14. The van der Waals surface area contributed by atoms with Gasteiger partial charge in [0, 0.05) is 6.04 Å². The zero-order valence-corrected chi connectivity index (χ0v) is 11.8. The predicted octanol–water partition coefficient (Wildman–Crippen LogP) is 4.17. The van der Waals surface area contributed by atoms with E-state index in [9.17, 15) is 8.78 Å². The Labute approximate surface area is 118 Å². The first kappa shape index (κ1) is 14.7. The first-order chi connectivity index (χ1) is 9.60. The Morgan fingerprint density at radius 3 is 2.60 bits per heavy atom. The van der Waals surface area contributed by atoms with Crippen molar-refractivity contribution in [1.29, 1.82) is 0 Å². The molecule has 2 aromatic carbocycles. The number of likely N-dealkylation sites (N-methyl/N-ethyl adjacent to an activating group) is 1. The molecule has 1 nitrogen and oxygen atoms in total. The SMILES string of the molecule is CCNC(Cc1cc(F)ccc1F)c1cccc(C)c1. The smallest absolute Gasteiger partial charge is 0.126 e. The minimum atomic E-state index is -0.402. The van der Waals surface area contributed by atoms with Crippen LogP contribution in [0.1, 0.15) is 29.7 Å². The van der Waals surface area contributed by atoms with Gasteiger partial charge in [0.25, 0.3) is 0 Å². The summed E-state index contributed by atoms with van der Waals surface area (Å²) in [6, 6.07) is 11.7. The summed E-state index contributed by atoms with van der Waals surface area (Å²) in [7, 11) is 0. The minimum absolute atomic E-state index is 0.0174. The summed E-state index contributed by atoms with van der Waals surface area (Å²) in [6.45, 7) is 4.80. The van der Waals surface area contributed by atoms with Crippen molar-refractivity contribution in [2.24, 2.45) is 0 Å². The fraction of sp³-hybridized carbons (Fsp3) is 0.294. The third-order valence-electron chi connectivity index (χ3n) is 3.33. The summed E-state index contributed by atoms with van der Waals surface area (Å²) in [4.78, 5) is 0. The lowest BCUT2D eigenvalue weighted by atomic mass is 9.97. The molecule has 2 aromatic rings. The fourth-order valence-electron chi connectivity index (χ4n) is 2.36. The molecule has 0 fully saturated rings. The van der Waals surface area contributed by atoms with Crippen LogP contribution in [0.5, 0.6) is 0 Å². The summed E-state index contributed by atoms with van der Waals surface area (Å²) in [5.74, 6) is -0.761. The molecule has 0 aliphatic rings. The second kappa shape index (κ2) is 6.62. The lowest BCUT2D eigenvalue weighted by Gasteiger charge is -2.19. The zero-order chi connectivity index (χ0) is 14.5.